The number of nitrogens with two attached hydrogens (primary N) is 1. The van der Waals surface area contributed by atoms with Gasteiger partial charge in [0.15, 0.2) is 0 Å². The molecule has 0 radical (unpaired) electrons. The van der Waals surface area contributed by atoms with Gasteiger partial charge in [-0.05, 0) is 59.2 Å². The van der Waals surface area contributed by atoms with Crippen LogP contribution in [-0.4, -0.2) is 24.1 Å². The maximum atomic E-state index is 11.4. The molecule has 1 aromatic carbocycles. The number of rotatable bonds is 8. The highest BCUT2D eigenvalue weighted by Crippen LogP contribution is 2.42. The molecule has 1 unspecified atom stereocenters. The first kappa shape index (κ1) is 23.5. The highest BCUT2D eigenvalue weighted by atomic mass is 16.3. The zero-order chi connectivity index (χ0) is 20.8. The second-order valence-electron chi connectivity index (χ2n) is 9.58. The van der Waals surface area contributed by atoms with Gasteiger partial charge in [-0.25, -0.2) is 0 Å². The van der Waals surface area contributed by atoms with Crippen LogP contribution in [0, 0.1) is 0 Å². The van der Waals surface area contributed by atoms with Crippen molar-refractivity contribution in [2.45, 2.75) is 90.9 Å². The fourth-order valence-corrected chi connectivity index (χ4v) is 3.42. The summed E-state index contributed by atoms with van der Waals surface area (Å²) in [7, 11) is 0. The summed E-state index contributed by atoms with van der Waals surface area (Å²) in [5, 5.41) is 13.9. The van der Waals surface area contributed by atoms with E-state index in [-0.39, 0.29) is 16.7 Å². The van der Waals surface area contributed by atoms with Crippen LogP contribution in [0.4, 0.5) is 0 Å². The van der Waals surface area contributed by atoms with Crippen LogP contribution >= 0.6 is 0 Å². The first-order valence-electron chi connectivity index (χ1n) is 10.3. The first-order chi connectivity index (χ1) is 12.4. The monoisotopic (exact) mass is 376 g/mol. The Bertz CT molecular complexity index is 589. The van der Waals surface area contributed by atoms with Gasteiger partial charge in [-0.2, -0.15) is 0 Å². The van der Waals surface area contributed by atoms with Gasteiger partial charge >= 0.3 is 0 Å². The number of amides is 1. The predicted octanol–water partition coefficient (Wildman–Crippen LogP) is 4.73. The number of nitrogens with one attached hydrogen (secondary N) is 1. The Balaban J connectivity index is 3.19. The Kier molecular flexibility index (Phi) is 8.34. The standard InChI is InChI=1S/C23H40N2O2/c1-8-20(26)25-13-9-10-16(11-12-24)17-14-18(22(2,3)4)21(27)19(15-17)23(5,6)7/h14-16,27H,8-13,24H2,1-7H3,(H,25,26). The van der Waals surface area contributed by atoms with Crippen molar-refractivity contribution in [3.05, 3.63) is 28.8 Å². The summed E-state index contributed by atoms with van der Waals surface area (Å²) in [5.74, 6) is 0.844. The van der Waals surface area contributed by atoms with Gasteiger partial charge in [0.2, 0.25) is 5.91 Å². The van der Waals surface area contributed by atoms with Crippen molar-refractivity contribution in [2.24, 2.45) is 5.73 Å². The van der Waals surface area contributed by atoms with Crippen LogP contribution in [0.5, 0.6) is 5.75 Å². The highest BCUT2D eigenvalue weighted by Gasteiger charge is 2.28. The summed E-state index contributed by atoms with van der Waals surface area (Å²) in [4.78, 5) is 11.4. The van der Waals surface area contributed by atoms with E-state index in [0.717, 1.165) is 30.4 Å². The molecule has 0 spiro atoms. The van der Waals surface area contributed by atoms with E-state index >= 15 is 0 Å². The van der Waals surface area contributed by atoms with E-state index in [1.54, 1.807) is 0 Å². The van der Waals surface area contributed by atoms with Crippen molar-refractivity contribution in [2.75, 3.05) is 13.1 Å². The van der Waals surface area contributed by atoms with Gasteiger partial charge in [-0.1, -0.05) is 60.6 Å². The van der Waals surface area contributed by atoms with Crippen molar-refractivity contribution < 1.29 is 9.90 Å². The van der Waals surface area contributed by atoms with E-state index in [0.29, 0.717) is 31.2 Å². The number of carbonyl (C=O) groups is 1. The van der Waals surface area contributed by atoms with Gasteiger partial charge in [0.25, 0.3) is 0 Å². The van der Waals surface area contributed by atoms with Crippen LogP contribution in [0.1, 0.15) is 96.8 Å². The van der Waals surface area contributed by atoms with Crippen LogP contribution in [0.25, 0.3) is 0 Å². The van der Waals surface area contributed by atoms with Crippen molar-refractivity contribution >= 4 is 5.91 Å². The van der Waals surface area contributed by atoms with Crippen molar-refractivity contribution in [1.29, 1.82) is 0 Å². The Morgan fingerprint density at radius 3 is 2.00 bits per heavy atom. The van der Waals surface area contributed by atoms with E-state index in [2.05, 4.69) is 59.0 Å². The smallest absolute Gasteiger partial charge is 0.219 e. The molecule has 0 saturated carbocycles. The van der Waals surface area contributed by atoms with E-state index in [1.807, 2.05) is 6.92 Å². The number of hydrogen-bond donors (Lipinski definition) is 3. The van der Waals surface area contributed by atoms with Gasteiger partial charge in [0.1, 0.15) is 5.75 Å². The molecule has 0 aliphatic carbocycles. The summed E-state index contributed by atoms with van der Waals surface area (Å²) >= 11 is 0. The minimum atomic E-state index is -0.136. The molecule has 0 heterocycles. The lowest BCUT2D eigenvalue weighted by atomic mass is 9.76. The molecule has 0 aliphatic rings. The summed E-state index contributed by atoms with van der Waals surface area (Å²) in [6.45, 7) is 16.0. The van der Waals surface area contributed by atoms with E-state index in [9.17, 15) is 9.90 Å². The molecule has 0 fully saturated rings. The number of phenolic OH excluding ortho intramolecular Hbond substituents is 1. The Morgan fingerprint density at radius 2 is 1.59 bits per heavy atom. The molecule has 0 aromatic heterocycles. The summed E-state index contributed by atoms with van der Waals surface area (Å²) < 4.78 is 0. The van der Waals surface area contributed by atoms with Gasteiger partial charge in [0.05, 0.1) is 0 Å². The minimum absolute atomic E-state index is 0.0973. The van der Waals surface area contributed by atoms with Crippen LogP contribution < -0.4 is 11.1 Å². The minimum Gasteiger partial charge on any atom is -0.507 e. The van der Waals surface area contributed by atoms with E-state index < -0.39 is 0 Å². The van der Waals surface area contributed by atoms with Gasteiger partial charge in [-0.3, -0.25) is 4.79 Å². The molecule has 154 valence electrons. The maximum Gasteiger partial charge on any atom is 0.219 e. The number of carbonyl (C=O) groups excluding carboxylic acids is 1. The third kappa shape index (κ3) is 6.84. The molecule has 1 atom stereocenters. The number of phenols is 1. The SMILES string of the molecule is CCC(=O)NCCCC(CCN)c1cc(C(C)(C)C)c(O)c(C(C)(C)C)c1. The topological polar surface area (TPSA) is 75.4 Å². The van der Waals surface area contributed by atoms with E-state index in [1.165, 1.54) is 5.56 Å². The largest absolute Gasteiger partial charge is 0.507 e. The lowest BCUT2D eigenvalue weighted by Gasteiger charge is -2.30. The molecule has 1 amide bonds. The predicted molar refractivity (Wildman–Crippen MR) is 114 cm³/mol. The van der Waals surface area contributed by atoms with Crippen molar-refractivity contribution in [1.82, 2.24) is 5.32 Å². The molecule has 1 rings (SSSR count). The first-order valence-corrected chi connectivity index (χ1v) is 10.3. The summed E-state index contributed by atoms with van der Waals surface area (Å²) in [5.41, 5.74) is 8.86. The molecule has 4 nitrogen and oxygen atoms in total. The fraction of sp³-hybridized carbons (Fsp3) is 0.696. The van der Waals surface area contributed by atoms with Gasteiger partial charge in [-0.15, -0.1) is 0 Å². The number of benzene rings is 1. The summed E-state index contributed by atoms with van der Waals surface area (Å²) in [6, 6.07) is 4.32. The lowest BCUT2D eigenvalue weighted by molar-refractivity contribution is -0.120. The molecule has 0 bridgehead atoms. The number of hydrogen-bond acceptors (Lipinski definition) is 3. The molecule has 0 aliphatic heterocycles. The number of aromatic hydroxyl groups is 1. The Labute approximate surface area is 165 Å². The fourth-order valence-electron chi connectivity index (χ4n) is 3.42. The maximum absolute atomic E-state index is 11.4. The van der Waals surface area contributed by atoms with Gasteiger partial charge < -0.3 is 16.2 Å². The lowest BCUT2D eigenvalue weighted by Crippen LogP contribution is -2.24. The molecular weight excluding hydrogens is 336 g/mol. The second-order valence-corrected chi connectivity index (χ2v) is 9.58. The quantitative estimate of drug-likeness (QED) is 0.574. The Hall–Kier alpha value is -1.55. The molecule has 0 saturated heterocycles. The average molecular weight is 377 g/mol. The summed E-state index contributed by atoms with van der Waals surface area (Å²) in [6.07, 6.45) is 3.32. The zero-order valence-electron chi connectivity index (χ0n) is 18.4. The van der Waals surface area contributed by atoms with E-state index in [4.69, 9.17) is 5.73 Å². The third-order valence-corrected chi connectivity index (χ3v) is 5.11. The molecule has 4 heteroatoms. The molecular formula is C23H40N2O2. The zero-order valence-corrected chi connectivity index (χ0v) is 18.4. The molecule has 27 heavy (non-hydrogen) atoms. The Morgan fingerprint density at radius 1 is 1.07 bits per heavy atom. The van der Waals surface area contributed by atoms with Crippen molar-refractivity contribution in [3.63, 3.8) is 0 Å². The second kappa shape index (κ2) is 9.59. The van der Waals surface area contributed by atoms with Crippen LogP contribution in [-0.2, 0) is 15.6 Å². The van der Waals surface area contributed by atoms with Crippen LogP contribution in [0.2, 0.25) is 0 Å². The normalized spacial score (nSPS) is 13.5. The molecule has 1 aromatic rings. The average Bonchev–Trinajstić information content (AvgIpc) is 2.55. The van der Waals surface area contributed by atoms with Gasteiger partial charge in [0, 0.05) is 13.0 Å². The third-order valence-electron chi connectivity index (χ3n) is 5.11. The van der Waals surface area contributed by atoms with Crippen LogP contribution in [0.3, 0.4) is 0 Å². The molecule has 4 N–H and O–H groups in total. The van der Waals surface area contributed by atoms with Crippen LogP contribution in [0.15, 0.2) is 12.1 Å². The van der Waals surface area contributed by atoms with Crippen molar-refractivity contribution in [3.8, 4) is 5.75 Å². The highest BCUT2D eigenvalue weighted by molar-refractivity contribution is 5.75.